The number of hydrogen-bond acceptors (Lipinski definition) is 3. The van der Waals surface area contributed by atoms with E-state index in [1.54, 1.807) is 7.05 Å². The van der Waals surface area contributed by atoms with Crippen molar-refractivity contribution in [2.75, 3.05) is 18.5 Å². The second-order valence-corrected chi connectivity index (χ2v) is 4.80. The Bertz CT molecular complexity index is 445. The highest BCUT2D eigenvalue weighted by Gasteiger charge is 2.31. The topological polar surface area (TPSA) is 58.4 Å². The van der Waals surface area contributed by atoms with Gasteiger partial charge in [-0.3, -0.25) is 4.79 Å². The molecule has 4 heteroatoms. The summed E-state index contributed by atoms with van der Waals surface area (Å²) in [6.45, 7) is 3.49. The lowest BCUT2D eigenvalue weighted by atomic mass is 10.1. The maximum atomic E-state index is 11.9. The minimum atomic E-state index is -0.0528. The fourth-order valence-corrected chi connectivity index (χ4v) is 2.65. The summed E-state index contributed by atoms with van der Waals surface area (Å²) in [7, 11) is 1.69. The van der Waals surface area contributed by atoms with Gasteiger partial charge in [-0.15, -0.1) is 0 Å². The summed E-state index contributed by atoms with van der Waals surface area (Å²) in [5, 5.41) is 2.74. The summed E-state index contributed by atoms with van der Waals surface area (Å²) in [5.41, 5.74) is 9.24. The predicted molar refractivity (Wildman–Crippen MR) is 73.5 cm³/mol. The molecule has 0 bridgehead atoms. The molecule has 18 heavy (non-hydrogen) atoms. The number of benzene rings is 1. The van der Waals surface area contributed by atoms with Crippen molar-refractivity contribution in [2.45, 2.75) is 32.4 Å². The van der Waals surface area contributed by atoms with Crippen molar-refractivity contribution in [1.82, 2.24) is 5.32 Å². The number of likely N-dealkylation sites (N-methyl/N-ethyl adjacent to an activating group) is 1. The van der Waals surface area contributed by atoms with Gasteiger partial charge in [0.05, 0.1) is 0 Å². The number of aryl methyl sites for hydroxylation is 1. The van der Waals surface area contributed by atoms with Gasteiger partial charge >= 0.3 is 0 Å². The Morgan fingerprint density at radius 2 is 2.33 bits per heavy atom. The lowest BCUT2D eigenvalue weighted by Crippen LogP contribution is -2.42. The smallest absolute Gasteiger partial charge is 0.242 e. The summed E-state index contributed by atoms with van der Waals surface area (Å²) in [5.74, 6) is 0.0936. The second kappa shape index (κ2) is 5.40. The maximum absolute atomic E-state index is 11.9. The molecule has 0 spiro atoms. The molecule has 1 aliphatic rings. The fourth-order valence-electron chi connectivity index (χ4n) is 2.65. The van der Waals surface area contributed by atoms with Crippen LogP contribution >= 0.6 is 0 Å². The number of rotatable bonds is 3. The zero-order valence-electron chi connectivity index (χ0n) is 11.1. The molecule has 1 aromatic carbocycles. The molecule has 3 N–H and O–H groups in total. The molecule has 1 aliphatic heterocycles. The monoisotopic (exact) mass is 247 g/mol. The number of nitrogens with one attached hydrogen (secondary N) is 1. The molecule has 0 aliphatic carbocycles. The number of hydrogen-bond donors (Lipinski definition) is 2. The van der Waals surface area contributed by atoms with E-state index in [9.17, 15) is 4.79 Å². The number of nitrogens with zero attached hydrogens (tertiary/aromatic N) is 1. The molecule has 1 atom stereocenters. The predicted octanol–water partition coefficient (Wildman–Crippen LogP) is 1.17. The first-order valence-corrected chi connectivity index (χ1v) is 6.45. The van der Waals surface area contributed by atoms with Crippen molar-refractivity contribution in [1.29, 1.82) is 0 Å². The highest BCUT2D eigenvalue weighted by atomic mass is 16.2. The number of amides is 1. The zero-order valence-corrected chi connectivity index (χ0v) is 11.1. The average molecular weight is 247 g/mol. The van der Waals surface area contributed by atoms with Crippen LogP contribution in [0.4, 0.5) is 5.69 Å². The Balaban J connectivity index is 2.32. The summed E-state index contributed by atoms with van der Waals surface area (Å²) in [6.07, 6.45) is 1.97. The van der Waals surface area contributed by atoms with Crippen LogP contribution in [0.2, 0.25) is 0 Å². The molecule has 0 radical (unpaired) electrons. The van der Waals surface area contributed by atoms with Gasteiger partial charge in [0.25, 0.3) is 0 Å². The summed E-state index contributed by atoms with van der Waals surface area (Å²) in [6, 6.07) is 6.21. The van der Waals surface area contributed by atoms with Crippen LogP contribution in [0.25, 0.3) is 0 Å². The number of nitrogens with two attached hydrogens (primary N) is 1. The number of anilines is 1. The van der Waals surface area contributed by atoms with E-state index in [-0.39, 0.29) is 11.9 Å². The first kappa shape index (κ1) is 12.9. The van der Waals surface area contributed by atoms with Crippen molar-refractivity contribution in [3.8, 4) is 0 Å². The Labute approximate surface area is 108 Å². The molecule has 1 amide bonds. The van der Waals surface area contributed by atoms with E-state index in [2.05, 4.69) is 35.3 Å². The van der Waals surface area contributed by atoms with E-state index in [1.807, 2.05) is 0 Å². The van der Waals surface area contributed by atoms with Crippen molar-refractivity contribution in [3.05, 3.63) is 29.3 Å². The molecule has 4 nitrogen and oxygen atoms in total. The van der Waals surface area contributed by atoms with Gasteiger partial charge in [0.1, 0.15) is 6.04 Å². The molecule has 1 unspecified atom stereocenters. The van der Waals surface area contributed by atoms with Crippen molar-refractivity contribution in [3.63, 3.8) is 0 Å². The van der Waals surface area contributed by atoms with Gasteiger partial charge in [0.2, 0.25) is 5.91 Å². The Morgan fingerprint density at radius 1 is 1.56 bits per heavy atom. The Morgan fingerprint density at radius 3 is 3.00 bits per heavy atom. The minimum absolute atomic E-state index is 0.0528. The van der Waals surface area contributed by atoms with Crippen LogP contribution in [0, 0.1) is 6.92 Å². The van der Waals surface area contributed by atoms with Gasteiger partial charge in [0, 0.05) is 25.8 Å². The molecule has 1 fully saturated rings. The molecule has 1 aromatic rings. The highest BCUT2D eigenvalue weighted by Crippen LogP contribution is 2.29. The van der Waals surface area contributed by atoms with Crippen LogP contribution in [0.3, 0.4) is 0 Å². The third-order valence-electron chi connectivity index (χ3n) is 3.57. The lowest BCUT2D eigenvalue weighted by molar-refractivity contribution is -0.121. The van der Waals surface area contributed by atoms with Gasteiger partial charge in [-0.2, -0.15) is 0 Å². The summed E-state index contributed by atoms with van der Waals surface area (Å²) >= 11 is 0. The average Bonchev–Trinajstić information content (AvgIpc) is 2.86. The zero-order chi connectivity index (χ0) is 13.1. The van der Waals surface area contributed by atoms with Crippen molar-refractivity contribution in [2.24, 2.45) is 5.73 Å². The van der Waals surface area contributed by atoms with Gasteiger partial charge in [-0.05, 0) is 31.4 Å². The molecule has 98 valence electrons. The molecule has 0 aromatic heterocycles. The number of carbonyl (C=O) groups is 1. The molecule has 1 saturated heterocycles. The SMILES string of the molecule is CNC(=O)C1CCCN1c1ccc(C)cc1CN. The van der Waals surface area contributed by atoms with Crippen LogP contribution in [0.15, 0.2) is 18.2 Å². The van der Waals surface area contributed by atoms with Crippen LogP contribution in [0.1, 0.15) is 24.0 Å². The highest BCUT2D eigenvalue weighted by molar-refractivity contribution is 5.86. The molecular weight excluding hydrogens is 226 g/mol. The quantitative estimate of drug-likeness (QED) is 0.843. The van der Waals surface area contributed by atoms with Crippen LogP contribution in [-0.4, -0.2) is 25.5 Å². The third-order valence-corrected chi connectivity index (χ3v) is 3.57. The third kappa shape index (κ3) is 2.34. The maximum Gasteiger partial charge on any atom is 0.242 e. The molecule has 0 saturated carbocycles. The second-order valence-electron chi connectivity index (χ2n) is 4.80. The normalized spacial score (nSPS) is 19.1. The van der Waals surface area contributed by atoms with Gasteiger partial charge in [-0.25, -0.2) is 0 Å². The van der Waals surface area contributed by atoms with E-state index in [0.29, 0.717) is 6.54 Å². The van der Waals surface area contributed by atoms with Gasteiger partial charge < -0.3 is 16.0 Å². The summed E-state index contributed by atoms with van der Waals surface area (Å²) in [4.78, 5) is 14.1. The van der Waals surface area contributed by atoms with Crippen LogP contribution in [0.5, 0.6) is 0 Å². The standard InChI is InChI=1S/C14H21N3O/c1-10-5-6-12(11(8-10)9-15)17-7-3-4-13(17)14(18)16-2/h5-6,8,13H,3-4,7,9,15H2,1-2H3,(H,16,18). The fraction of sp³-hybridized carbons (Fsp3) is 0.500. The minimum Gasteiger partial charge on any atom is -0.359 e. The molecular formula is C14H21N3O. The van der Waals surface area contributed by atoms with Gasteiger partial charge in [-0.1, -0.05) is 17.7 Å². The Kier molecular flexibility index (Phi) is 3.87. The van der Waals surface area contributed by atoms with E-state index in [4.69, 9.17) is 5.73 Å². The van der Waals surface area contributed by atoms with Crippen LogP contribution in [-0.2, 0) is 11.3 Å². The summed E-state index contributed by atoms with van der Waals surface area (Å²) < 4.78 is 0. The lowest BCUT2D eigenvalue weighted by Gasteiger charge is -2.27. The van der Waals surface area contributed by atoms with E-state index < -0.39 is 0 Å². The molecule has 2 rings (SSSR count). The Hall–Kier alpha value is -1.55. The first-order chi connectivity index (χ1) is 8.67. The van der Waals surface area contributed by atoms with Crippen LogP contribution < -0.4 is 16.0 Å². The van der Waals surface area contributed by atoms with Gasteiger partial charge in [0.15, 0.2) is 0 Å². The van der Waals surface area contributed by atoms with Crippen molar-refractivity contribution < 1.29 is 4.79 Å². The largest absolute Gasteiger partial charge is 0.359 e. The first-order valence-electron chi connectivity index (χ1n) is 6.45. The molecule has 1 heterocycles. The number of carbonyl (C=O) groups excluding carboxylic acids is 1. The van der Waals surface area contributed by atoms with E-state index in [1.165, 1.54) is 5.56 Å². The van der Waals surface area contributed by atoms with E-state index in [0.717, 1.165) is 30.6 Å². The van der Waals surface area contributed by atoms with Crippen molar-refractivity contribution >= 4 is 11.6 Å². The van der Waals surface area contributed by atoms with E-state index >= 15 is 0 Å².